The lowest BCUT2D eigenvalue weighted by Gasteiger charge is -2.25. The topological polar surface area (TPSA) is 32.3 Å². The van der Waals surface area contributed by atoms with Gasteiger partial charge in [-0.05, 0) is 85.5 Å². The van der Waals surface area contributed by atoms with Crippen molar-refractivity contribution in [3.63, 3.8) is 0 Å². The fourth-order valence-electron chi connectivity index (χ4n) is 7.22. The molecule has 5 unspecified atom stereocenters. The van der Waals surface area contributed by atoms with Gasteiger partial charge in [-0.2, -0.15) is 0 Å². The number of anilines is 1. The van der Waals surface area contributed by atoms with Gasteiger partial charge in [0.25, 0.3) is 0 Å². The summed E-state index contributed by atoms with van der Waals surface area (Å²) >= 11 is 0. The minimum atomic E-state index is 0.560. The largest absolute Gasteiger partial charge is 0.340 e. The van der Waals surface area contributed by atoms with Gasteiger partial charge in [0.05, 0.1) is 0 Å². The molecule has 2 aliphatic carbocycles. The van der Waals surface area contributed by atoms with E-state index in [1.54, 1.807) is 0 Å². The van der Waals surface area contributed by atoms with E-state index in [4.69, 9.17) is 9.97 Å². The molecule has 4 nitrogen and oxygen atoms in total. The van der Waals surface area contributed by atoms with Crippen LogP contribution in [0.2, 0.25) is 0 Å². The molecule has 0 radical (unpaired) electrons. The zero-order valence-corrected chi connectivity index (χ0v) is 20.0. The number of nitrogens with zero attached hydrogens (tertiary/aromatic N) is 4. The summed E-state index contributed by atoms with van der Waals surface area (Å²) in [4.78, 5) is 14.6. The van der Waals surface area contributed by atoms with Crippen molar-refractivity contribution in [2.75, 3.05) is 31.1 Å². The third kappa shape index (κ3) is 3.67. The van der Waals surface area contributed by atoms with Crippen LogP contribution in [0.5, 0.6) is 0 Å². The van der Waals surface area contributed by atoms with Crippen LogP contribution in [0.3, 0.4) is 0 Å². The minimum Gasteiger partial charge on any atom is -0.340 e. The van der Waals surface area contributed by atoms with Crippen molar-refractivity contribution in [1.29, 1.82) is 0 Å². The van der Waals surface area contributed by atoms with E-state index in [-0.39, 0.29) is 0 Å². The molecule has 0 amide bonds. The zero-order valence-electron chi connectivity index (χ0n) is 20.0. The van der Waals surface area contributed by atoms with E-state index in [9.17, 15) is 0 Å². The highest BCUT2D eigenvalue weighted by Gasteiger charge is 2.58. The molecule has 0 aromatic carbocycles. The van der Waals surface area contributed by atoms with Gasteiger partial charge in [0.15, 0.2) is 0 Å². The molecule has 0 bridgehead atoms. The van der Waals surface area contributed by atoms with Crippen molar-refractivity contribution >= 4 is 5.95 Å². The predicted molar refractivity (Wildman–Crippen MR) is 124 cm³/mol. The second kappa shape index (κ2) is 7.76. The van der Waals surface area contributed by atoms with Gasteiger partial charge in [-0.3, -0.25) is 0 Å². The minimum absolute atomic E-state index is 0.560. The van der Waals surface area contributed by atoms with Gasteiger partial charge in [0.1, 0.15) is 0 Å². The molecule has 30 heavy (non-hydrogen) atoms. The maximum atomic E-state index is 4.76. The van der Waals surface area contributed by atoms with Crippen molar-refractivity contribution in [2.45, 2.75) is 66.3 Å². The van der Waals surface area contributed by atoms with E-state index in [0.717, 1.165) is 72.4 Å². The molecular weight excluding hydrogens is 368 g/mol. The highest BCUT2D eigenvalue weighted by Crippen LogP contribution is 2.57. The summed E-state index contributed by atoms with van der Waals surface area (Å²) < 4.78 is 0. The van der Waals surface area contributed by atoms with E-state index in [1.807, 2.05) is 0 Å². The smallest absolute Gasteiger partial charge is 0.225 e. The molecule has 2 saturated carbocycles. The lowest BCUT2D eigenvalue weighted by Crippen LogP contribution is -2.32. The maximum Gasteiger partial charge on any atom is 0.225 e. The average molecular weight is 411 g/mol. The Kier molecular flexibility index (Phi) is 5.36. The van der Waals surface area contributed by atoms with Crippen LogP contribution in [0.25, 0.3) is 0 Å². The summed E-state index contributed by atoms with van der Waals surface area (Å²) in [6.45, 7) is 19.3. The Bertz CT molecular complexity index is 720. The molecule has 3 heterocycles. The summed E-state index contributed by atoms with van der Waals surface area (Å²) in [5.41, 5.74) is 1.32. The Morgan fingerprint density at radius 1 is 0.800 bits per heavy atom. The number of hydrogen-bond acceptors (Lipinski definition) is 4. The zero-order chi connectivity index (χ0) is 21.2. The fraction of sp³-hybridized carbons (Fsp3) is 0.846. The van der Waals surface area contributed by atoms with Crippen LogP contribution in [0.1, 0.15) is 65.9 Å². The SMILES string of the molecule is CC(C)C1C2CN(c3ncc([C@H](C)CCC(C)C4C5CN(C(C)C)CC54)cn3)CC21. The fourth-order valence-corrected chi connectivity index (χ4v) is 7.22. The van der Waals surface area contributed by atoms with Crippen LogP contribution in [-0.4, -0.2) is 47.1 Å². The van der Waals surface area contributed by atoms with Crippen LogP contribution in [0.4, 0.5) is 5.95 Å². The molecule has 5 rings (SSSR count). The van der Waals surface area contributed by atoms with Crippen LogP contribution in [0, 0.1) is 47.3 Å². The molecule has 2 saturated heterocycles. The van der Waals surface area contributed by atoms with E-state index in [2.05, 4.69) is 63.7 Å². The summed E-state index contributed by atoms with van der Waals surface area (Å²) in [6, 6.07) is 0.722. The van der Waals surface area contributed by atoms with Gasteiger partial charge in [-0.1, -0.05) is 27.7 Å². The Morgan fingerprint density at radius 3 is 1.90 bits per heavy atom. The predicted octanol–water partition coefficient (Wildman–Crippen LogP) is 4.92. The molecule has 0 N–H and O–H groups in total. The second-order valence-electron chi connectivity index (χ2n) is 11.8. The Labute approximate surface area is 183 Å². The molecule has 1 aromatic heterocycles. The third-order valence-electron chi connectivity index (χ3n) is 9.27. The Balaban J connectivity index is 1.07. The molecule has 166 valence electrons. The van der Waals surface area contributed by atoms with Crippen molar-refractivity contribution in [3.05, 3.63) is 18.0 Å². The summed E-state index contributed by atoms with van der Waals surface area (Å²) in [5.74, 6) is 8.90. The van der Waals surface area contributed by atoms with Crippen molar-refractivity contribution < 1.29 is 0 Å². The molecule has 0 spiro atoms. The average Bonchev–Trinajstić information content (AvgIpc) is 3.45. The number of rotatable bonds is 8. The van der Waals surface area contributed by atoms with Crippen LogP contribution in [0.15, 0.2) is 12.4 Å². The number of aromatic nitrogens is 2. The summed E-state index contributed by atoms with van der Waals surface area (Å²) in [5, 5.41) is 0. The van der Waals surface area contributed by atoms with E-state index >= 15 is 0 Å². The Morgan fingerprint density at radius 2 is 1.37 bits per heavy atom. The van der Waals surface area contributed by atoms with Gasteiger partial charge in [0, 0.05) is 44.6 Å². The van der Waals surface area contributed by atoms with Gasteiger partial charge in [0.2, 0.25) is 5.95 Å². The standard InChI is InChI=1S/C26H42N4/c1-15(2)24-20-13-30(14-21(20)24)26-27-9-19(10-28-26)17(5)7-8-18(6)25-22-11-29(16(3)4)12-23(22)25/h9-10,15-18,20-25H,7-8,11-14H2,1-6H3/t17-,18?,20?,21?,22?,23?,24?,25?/m1/s1. The highest BCUT2D eigenvalue weighted by atomic mass is 15.3. The number of likely N-dealkylation sites (tertiary alicyclic amines) is 1. The first-order valence-corrected chi connectivity index (χ1v) is 12.7. The number of hydrogen-bond donors (Lipinski definition) is 0. The molecule has 4 aliphatic rings. The molecule has 2 aliphatic heterocycles. The first kappa shape index (κ1) is 20.7. The molecule has 6 atom stereocenters. The van der Waals surface area contributed by atoms with Crippen LogP contribution in [-0.2, 0) is 0 Å². The third-order valence-corrected chi connectivity index (χ3v) is 9.27. The monoisotopic (exact) mass is 410 g/mol. The van der Waals surface area contributed by atoms with Crippen LogP contribution < -0.4 is 4.90 Å². The van der Waals surface area contributed by atoms with Gasteiger partial charge in [-0.25, -0.2) is 9.97 Å². The molecule has 4 fully saturated rings. The van der Waals surface area contributed by atoms with Crippen LogP contribution >= 0.6 is 0 Å². The van der Waals surface area contributed by atoms with Gasteiger partial charge >= 0.3 is 0 Å². The number of piperidine rings is 2. The van der Waals surface area contributed by atoms with Gasteiger partial charge < -0.3 is 9.80 Å². The molecule has 1 aromatic rings. The van der Waals surface area contributed by atoms with E-state index in [0.29, 0.717) is 5.92 Å². The van der Waals surface area contributed by atoms with Crippen molar-refractivity contribution in [2.24, 2.45) is 47.3 Å². The van der Waals surface area contributed by atoms with Crippen molar-refractivity contribution in [3.8, 4) is 0 Å². The number of fused-ring (bicyclic) bond motifs is 2. The first-order chi connectivity index (χ1) is 14.3. The van der Waals surface area contributed by atoms with E-state index < -0.39 is 0 Å². The maximum absolute atomic E-state index is 4.76. The lowest BCUT2D eigenvalue weighted by molar-refractivity contribution is 0.216. The van der Waals surface area contributed by atoms with Gasteiger partial charge in [-0.15, -0.1) is 0 Å². The van der Waals surface area contributed by atoms with Crippen molar-refractivity contribution in [1.82, 2.24) is 14.9 Å². The molecular formula is C26H42N4. The second-order valence-corrected chi connectivity index (χ2v) is 11.8. The summed E-state index contributed by atoms with van der Waals surface area (Å²) in [6.07, 6.45) is 6.81. The first-order valence-electron chi connectivity index (χ1n) is 12.7. The molecule has 4 heteroatoms. The lowest BCUT2D eigenvalue weighted by atomic mass is 9.90. The van der Waals surface area contributed by atoms with E-state index in [1.165, 1.54) is 31.5 Å². The quantitative estimate of drug-likeness (QED) is 0.609. The normalized spacial score (nSPS) is 36.9. The Hall–Kier alpha value is -1.16. The highest BCUT2D eigenvalue weighted by molar-refractivity contribution is 5.36. The summed E-state index contributed by atoms with van der Waals surface area (Å²) in [7, 11) is 0.